The predicted octanol–water partition coefficient (Wildman–Crippen LogP) is 1.20. The fourth-order valence-electron chi connectivity index (χ4n) is 3.53. The van der Waals surface area contributed by atoms with Crippen molar-refractivity contribution in [1.29, 1.82) is 0 Å². The highest BCUT2D eigenvalue weighted by atomic mass is 19.1. The summed E-state index contributed by atoms with van der Waals surface area (Å²) >= 11 is 0. The zero-order chi connectivity index (χ0) is 18.1. The summed E-state index contributed by atoms with van der Waals surface area (Å²) in [6.45, 7) is 4.46. The number of carbonyl (C=O) groups excluding carboxylic acids is 1. The van der Waals surface area contributed by atoms with E-state index in [1.165, 1.54) is 4.68 Å². The predicted molar refractivity (Wildman–Crippen MR) is 89.7 cm³/mol. The number of ether oxygens (including phenoxy) is 1. The normalized spacial score (nSPS) is 29.8. The van der Waals surface area contributed by atoms with Crippen molar-refractivity contribution in [3.8, 4) is 0 Å². The number of anilines is 1. The summed E-state index contributed by atoms with van der Waals surface area (Å²) in [5.74, 6) is 0.372. The molecule has 2 N–H and O–H groups in total. The molecule has 2 aliphatic rings. The largest absolute Gasteiger partial charge is 0.377 e. The molecule has 1 unspecified atom stereocenters. The van der Waals surface area contributed by atoms with Crippen LogP contribution in [0, 0.1) is 5.41 Å². The molecule has 1 saturated heterocycles. The van der Waals surface area contributed by atoms with Crippen LogP contribution in [-0.2, 0) is 16.6 Å². The van der Waals surface area contributed by atoms with E-state index in [0.717, 1.165) is 19.3 Å². The SMILES string of the molecule is Cn1nnnc1NC1CC(F)(CNC(=O)C(C)(C)C2CCCCO2)C1. The van der Waals surface area contributed by atoms with Crippen molar-refractivity contribution in [3.63, 3.8) is 0 Å². The van der Waals surface area contributed by atoms with Crippen LogP contribution in [0.3, 0.4) is 0 Å². The van der Waals surface area contributed by atoms with Gasteiger partial charge in [0.1, 0.15) is 5.67 Å². The maximum absolute atomic E-state index is 14.7. The molecule has 140 valence electrons. The Kier molecular flexibility index (Phi) is 4.95. The van der Waals surface area contributed by atoms with Gasteiger partial charge in [0.25, 0.3) is 0 Å². The lowest BCUT2D eigenvalue weighted by molar-refractivity contribution is -0.142. The number of amides is 1. The van der Waals surface area contributed by atoms with Crippen molar-refractivity contribution in [1.82, 2.24) is 25.5 Å². The highest BCUT2D eigenvalue weighted by molar-refractivity contribution is 5.82. The Morgan fingerprint density at radius 3 is 2.80 bits per heavy atom. The third-order valence-corrected chi connectivity index (χ3v) is 5.31. The minimum Gasteiger partial charge on any atom is -0.377 e. The molecule has 2 heterocycles. The van der Waals surface area contributed by atoms with Crippen LogP contribution in [0.4, 0.5) is 10.3 Å². The van der Waals surface area contributed by atoms with Crippen molar-refractivity contribution in [2.75, 3.05) is 18.5 Å². The van der Waals surface area contributed by atoms with Crippen LogP contribution in [0.5, 0.6) is 0 Å². The molecule has 3 rings (SSSR count). The molecule has 1 saturated carbocycles. The van der Waals surface area contributed by atoms with E-state index in [4.69, 9.17) is 4.74 Å². The molecular formula is C16H27FN6O2. The first-order valence-corrected chi connectivity index (χ1v) is 8.88. The number of halogens is 1. The third-order valence-electron chi connectivity index (χ3n) is 5.31. The number of tetrazole rings is 1. The van der Waals surface area contributed by atoms with E-state index in [1.807, 2.05) is 13.8 Å². The van der Waals surface area contributed by atoms with E-state index in [1.54, 1.807) is 7.05 Å². The fraction of sp³-hybridized carbons (Fsp3) is 0.875. The molecule has 0 spiro atoms. The molecule has 1 aromatic rings. The van der Waals surface area contributed by atoms with Gasteiger partial charge in [-0.15, -0.1) is 0 Å². The molecule has 2 fully saturated rings. The lowest BCUT2D eigenvalue weighted by Gasteiger charge is -2.42. The standard InChI is InChI=1S/C16H27FN6O2/c1-15(2,12-6-4-5-7-25-12)13(24)18-10-16(17)8-11(9-16)19-14-20-21-22-23(14)3/h11-12H,4-10H2,1-3H3,(H,18,24)(H,19,20,22). The van der Waals surface area contributed by atoms with Crippen molar-refractivity contribution < 1.29 is 13.9 Å². The molecule has 9 heteroatoms. The summed E-state index contributed by atoms with van der Waals surface area (Å²) in [5.41, 5.74) is -2.04. The Hall–Kier alpha value is -1.77. The van der Waals surface area contributed by atoms with Crippen LogP contribution in [0.25, 0.3) is 0 Å². The van der Waals surface area contributed by atoms with E-state index in [2.05, 4.69) is 26.2 Å². The molecule has 0 bridgehead atoms. The summed E-state index contributed by atoms with van der Waals surface area (Å²) < 4.78 is 22.0. The number of hydrogen-bond acceptors (Lipinski definition) is 6. The van der Waals surface area contributed by atoms with Crippen LogP contribution >= 0.6 is 0 Å². The summed E-state index contributed by atoms with van der Waals surface area (Å²) in [6, 6.07) is -0.0266. The van der Waals surface area contributed by atoms with Crippen molar-refractivity contribution in [2.45, 2.75) is 63.8 Å². The molecule has 1 aromatic heterocycles. The van der Waals surface area contributed by atoms with Crippen LogP contribution in [0.1, 0.15) is 46.0 Å². The first-order chi connectivity index (χ1) is 11.8. The number of carbonyl (C=O) groups is 1. The van der Waals surface area contributed by atoms with E-state index in [-0.39, 0.29) is 24.6 Å². The van der Waals surface area contributed by atoms with Gasteiger partial charge in [-0.2, -0.15) is 0 Å². The number of nitrogens with zero attached hydrogens (tertiary/aromatic N) is 4. The van der Waals surface area contributed by atoms with Crippen LogP contribution in [-0.4, -0.2) is 57.1 Å². The second-order valence-electron chi connectivity index (χ2n) is 7.79. The summed E-state index contributed by atoms with van der Waals surface area (Å²) in [7, 11) is 1.72. The minimum atomic E-state index is -1.39. The molecule has 1 amide bonds. The molecule has 0 radical (unpaired) electrons. The maximum atomic E-state index is 14.7. The van der Waals surface area contributed by atoms with Crippen LogP contribution < -0.4 is 10.6 Å². The third kappa shape index (κ3) is 3.91. The topological polar surface area (TPSA) is 94.0 Å². The van der Waals surface area contributed by atoms with E-state index >= 15 is 0 Å². The van der Waals surface area contributed by atoms with Gasteiger partial charge in [-0.1, -0.05) is 5.10 Å². The Labute approximate surface area is 146 Å². The zero-order valence-corrected chi connectivity index (χ0v) is 15.1. The van der Waals surface area contributed by atoms with Crippen LogP contribution in [0.15, 0.2) is 0 Å². The average Bonchev–Trinajstić information content (AvgIpc) is 2.97. The number of hydrogen-bond donors (Lipinski definition) is 2. The lowest BCUT2D eigenvalue weighted by Crippen LogP contribution is -2.56. The lowest BCUT2D eigenvalue weighted by atomic mass is 9.76. The van der Waals surface area contributed by atoms with Crippen molar-refractivity contribution in [2.24, 2.45) is 12.5 Å². The van der Waals surface area contributed by atoms with Gasteiger partial charge in [0.2, 0.25) is 11.9 Å². The van der Waals surface area contributed by atoms with Gasteiger partial charge in [0.05, 0.1) is 18.1 Å². The Balaban J connectivity index is 1.45. The van der Waals surface area contributed by atoms with Gasteiger partial charge < -0.3 is 15.4 Å². The Morgan fingerprint density at radius 1 is 1.44 bits per heavy atom. The van der Waals surface area contributed by atoms with Gasteiger partial charge in [-0.25, -0.2) is 9.07 Å². The molecule has 25 heavy (non-hydrogen) atoms. The quantitative estimate of drug-likeness (QED) is 0.797. The molecule has 8 nitrogen and oxygen atoms in total. The number of aromatic nitrogens is 4. The number of rotatable bonds is 6. The van der Waals surface area contributed by atoms with Gasteiger partial charge in [-0.05, 0) is 43.5 Å². The van der Waals surface area contributed by atoms with Crippen molar-refractivity contribution >= 4 is 11.9 Å². The number of nitrogens with one attached hydrogen (secondary N) is 2. The highest BCUT2D eigenvalue weighted by Crippen LogP contribution is 2.38. The molecular weight excluding hydrogens is 327 g/mol. The Morgan fingerprint density at radius 2 is 2.20 bits per heavy atom. The fourth-order valence-corrected chi connectivity index (χ4v) is 3.53. The van der Waals surface area contributed by atoms with Gasteiger partial charge >= 0.3 is 0 Å². The molecule has 1 atom stereocenters. The van der Waals surface area contributed by atoms with Crippen molar-refractivity contribution in [3.05, 3.63) is 0 Å². The summed E-state index contributed by atoms with van der Waals surface area (Å²) in [5, 5.41) is 17.0. The van der Waals surface area contributed by atoms with E-state index < -0.39 is 11.1 Å². The van der Waals surface area contributed by atoms with E-state index in [0.29, 0.717) is 25.4 Å². The maximum Gasteiger partial charge on any atom is 0.242 e. The summed E-state index contributed by atoms with van der Waals surface area (Å²) in [4.78, 5) is 12.5. The minimum absolute atomic E-state index is 0.0250. The number of aryl methyl sites for hydroxylation is 1. The van der Waals surface area contributed by atoms with Gasteiger partial charge in [0, 0.05) is 32.5 Å². The molecule has 1 aliphatic heterocycles. The molecule has 0 aromatic carbocycles. The first kappa shape index (κ1) is 18.0. The first-order valence-electron chi connectivity index (χ1n) is 8.88. The zero-order valence-electron chi connectivity index (χ0n) is 15.1. The van der Waals surface area contributed by atoms with Gasteiger partial charge in [-0.3, -0.25) is 4.79 Å². The summed E-state index contributed by atoms with van der Waals surface area (Å²) in [6.07, 6.45) is 3.52. The second-order valence-corrected chi connectivity index (χ2v) is 7.79. The van der Waals surface area contributed by atoms with E-state index in [9.17, 15) is 9.18 Å². The Bertz CT molecular complexity index is 608. The second kappa shape index (κ2) is 6.86. The molecule has 1 aliphatic carbocycles. The smallest absolute Gasteiger partial charge is 0.242 e. The van der Waals surface area contributed by atoms with Gasteiger partial charge in [0.15, 0.2) is 0 Å². The number of alkyl halides is 1. The van der Waals surface area contributed by atoms with Crippen LogP contribution in [0.2, 0.25) is 0 Å². The average molecular weight is 354 g/mol. The monoisotopic (exact) mass is 354 g/mol. The highest BCUT2D eigenvalue weighted by Gasteiger charge is 2.47.